The zero-order chi connectivity index (χ0) is 13.3. The number of aryl methyl sites for hydroxylation is 1. The van der Waals surface area contributed by atoms with E-state index in [-0.39, 0.29) is 12.5 Å². The molecule has 0 bridgehead atoms. The van der Waals surface area contributed by atoms with Gasteiger partial charge in [-0.1, -0.05) is 6.92 Å². The summed E-state index contributed by atoms with van der Waals surface area (Å²) in [5.41, 5.74) is 0.468. The van der Waals surface area contributed by atoms with E-state index >= 15 is 0 Å². The number of piperazine rings is 1. The molecule has 1 atom stereocenters. The van der Waals surface area contributed by atoms with Crippen molar-refractivity contribution < 1.29 is 14.4 Å². The third kappa shape index (κ3) is 2.01. The van der Waals surface area contributed by atoms with Crippen LogP contribution in [0.4, 0.5) is 0 Å². The first kappa shape index (κ1) is 12.3. The van der Waals surface area contributed by atoms with E-state index < -0.39 is 17.9 Å². The quantitative estimate of drug-likeness (QED) is 0.744. The van der Waals surface area contributed by atoms with Crippen molar-refractivity contribution in [3.8, 4) is 0 Å². The minimum atomic E-state index is -0.579. The predicted octanol–water partition coefficient (Wildman–Crippen LogP) is -0.0977. The second-order valence-electron chi connectivity index (χ2n) is 4.27. The number of imide groups is 1. The molecule has 1 saturated heterocycles. The maximum atomic E-state index is 12.3. The van der Waals surface area contributed by atoms with E-state index in [9.17, 15) is 14.4 Å². The van der Waals surface area contributed by atoms with E-state index in [4.69, 9.17) is 0 Å². The van der Waals surface area contributed by atoms with E-state index in [1.54, 1.807) is 29.9 Å². The van der Waals surface area contributed by atoms with Crippen LogP contribution in [0.25, 0.3) is 0 Å². The Labute approximate surface area is 105 Å². The van der Waals surface area contributed by atoms with Gasteiger partial charge in [0.1, 0.15) is 18.3 Å². The normalized spacial score (nSPS) is 19.9. The molecule has 0 aromatic carbocycles. The molecule has 0 radical (unpaired) electrons. The molecule has 1 N–H and O–H groups in total. The summed E-state index contributed by atoms with van der Waals surface area (Å²) in [6.07, 6.45) is 2.23. The molecule has 1 aromatic rings. The second-order valence-corrected chi connectivity index (χ2v) is 4.27. The molecule has 0 aliphatic carbocycles. The number of amides is 3. The largest absolute Gasteiger partial charge is 0.347 e. The number of aromatic nitrogens is 1. The maximum Gasteiger partial charge on any atom is 0.271 e. The van der Waals surface area contributed by atoms with Crippen LogP contribution < -0.4 is 5.32 Å². The number of nitrogens with zero attached hydrogens (tertiary/aromatic N) is 2. The van der Waals surface area contributed by atoms with Crippen molar-refractivity contribution in [2.45, 2.75) is 19.4 Å². The van der Waals surface area contributed by atoms with Gasteiger partial charge in [0.15, 0.2) is 0 Å². The molecule has 0 saturated carbocycles. The molecule has 1 unspecified atom stereocenters. The molecule has 96 valence electrons. The lowest BCUT2D eigenvalue weighted by Gasteiger charge is -2.33. The highest BCUT2D eigenvalue weighted by molar-refractivity contribution is 6.06. The molecule has 1 aromatic heterocycles. The highest BCUT2D eigenvalue weighted by Crippen LogP contribution is 2.14. The maximum absolute atomic E-state index is 12.3. The first-order valence-corrected chi connectivity index (χ1v) is 5.80. The van der Waals surface area contributed by atoms with Gasteiger partial charge < -0.3 is 9.47 Å². The van der Waals surface area contributed by atoms with Gasteiger partial charge in [0, 0.05) is 13.2 Å². The fourth-order valence-corrected chi connectivity index (χ4v) is 2.12. The van der Waals surface area contributed by atoms with Gasteiger partial charge in [-0.3, -0.25) is 19.7 Å². The predicted molar refractivity (Wildman–Crippen MR) is 63.7 cm³/mol. The highest BCUT2D eigenvalue weighted by Gasteiger charge is 2.36. The number of nitrogens with one attached hydrogen (secondary N) is 1. The monoisotopic (exact) mass is 249 g/mol. The summed E-state index contributed by atoms with van der Waals surface area (Å²) in [6.45, 7) is 1.74. The lowest BCUT2D eigenvalue weighted by Crippen LogP contribution is -2.59. The Kier molecular flexibility index (Phi) is 3.18. The average Bonchev–Trinajstić information content (AvgIpc) is 2.73. The fraction of sp³-hybridized carbons (Fsp3) is 0.417. The topological polar surface area (TPSA) is 71.4 Å². The van der Waals surface area contributed by atoms with Crippen LogP contribution in [0, 0.1) is 0 Å². The third-order valence-corrected chi connectivity index (χ3v) is 3.07. The number of carbonyl (C=O) groups excluding carboxylic acids is 3. The van der Waals surface area contributed by atoms with E-state index in [1.165, 1.54) is 4.90 Å². The molecule has 18 heavy (non-hydrogen) atoms. The summed E-state index contributed by atoms with van der Waals surface area (Å²) >= 11 is 0. The van der Waals surface area contributed by atoms with E-state index in [1.807, 2.05) is 6.92 Å². The number of hydrogen-bond acceptors (Lipinski definition) is 3. The van der Waals surface area contributed by atoms with Gasteiger partial charge in [-0.25, -0.2) is 0 Å². The Morgan fingerprint density at radius 3 is 2.78 bits per heavy atom. The number of rotatable bonds is 2. The molecule has 6 heteroatoms. The van der Waals surface area contributed by atoms with Gasteiger partial charge >= 0.3 is 0 Å². The van der Waals surface area contributed by atoms with E-state index in [0.717, 1.165) is 0 Å². The van der Waals surface area contributed by atoms with Crippen molar-refractivity contribution in [1.82, 2.24) is 14.8 Å². The van der Waals surface area contributed by atoms with Crippen LogP contribution in [0.1, 0.15) is 23.8 Å². The van der Waals surface area contributed by atoms with Crippen LogP contribution in [0.15, 0.2) is 18.3 Å². The van der Waals surface area contributed by atoms with Gasteiger partial charge in [-0.2, -0.15) is 0 Å². The molecule has 2 heterocycles. The lowest BCUT2D eigenvalue weighted by molar-refractivity contribution is -0.138. The number of hydrogen-bond donors (Lipinski definition) is 1. The number of carbonyl (C=O) groups is 3. The Bertz CT molecular complexity index is 506. The molecule has 2 rings (SSSR count). The Hall–Kier alpha value is -2.11. The van der Waals surface area contributed by atoms with Crippen LogP contribution in [-0.4, -0.2) is 39.8 Å². The summed E-state index contributed by atoms with van der Waals surface area (Å²) in [5, 5.41) is 2.25. The zero-order valence-corrected chi connectivity index (χ0v) is 10.3. The SMILES string of the molecule is CCC1C(=O)NC(=O)CN1C(=O)c1cccn1C. The summed E-state index contributed by atoms with van der Waals surface area (Å²) in [7, 11) is 1.75. The molecule has 0 spiro atoms. The third-order valence-electron chi connectivity index (χ3n) is 3.07. The average molecular weight is 249 g/mol. The zero-order valence-electron chi connectivity index (χ0n) is 10.3. The van der Waals surface area contributed by atoms with Gasteiger partial charge in [0.05, 0.1) is 0 Å². The minimum Gasteiger partial charge on any atom is -0.347 e. The first-order chi connectivity index (χ1) is 8.54. The van der Waals surface area contributed by atoms with Gasteiger partial charge in [0.2, 0.25) is 11.8 Å². The van der Waals surface area contributed by atoms with Crippen LogP contribution in [0.2, 0.25) is 0 Å². The summed E-state index contributed by atoms with van der Waals surface area (Å²) < 4.78 is 1.67. The minimum absolute atomic E-state index is 0.0751. The standard InChI is InChI=1S/C12H15N3O3/c1-3-8-11(17)13-10(16)7-15(8)12(18)9-5-4-6-14(9)2/h4-6,8H,3,7H2,1-2H3,(H,13,16,17). The van der Waals surface area contributed by atoms with Crippen molar-refractivity contribution >= 4 is 17.7 Å². The smallest absolute Gasteiger partial charge is 0.271 e. The fourth-order valence-electron chi connectivity index (χ4n) is 2.12. The van der Waals surface area contributed by atoms with Crippen molar-refractivity contribution in [2.24, 2.45) is 7.05 Å². The van der Waals surface area contributed by atoms with E-state index in [2.05, 4.69) is 5.32 Å². The highest BCUT2D eigenvalue weighted by atomic mass is 16.2. The van der Waals surface area contributed by atoms with Crippen molar-refractivity contribution in [3.63, 3.8) is 0 Å². The lowest BCUT2D eigenvalue weighted by atomic mass is 10.1. The summed E-state index contributed by atoms with van der Waals surface area (Å²) in [4.78, 5) is 36.7. The summed E-state index contributed by atoms with van der Waals surface area (Å²) in [6, 6.07) is 2.84. The summed E-state index contributed by atoms with van der Waals surface area (Å²) in [5.74, 6) is -1.14. The molecule has 1 fully saturated rings. The van der Waals surface area contributed by atoms with Crippen molar-refractivity contribution in [2.75, 3.05) is 6.54 Å². The van der Waals surface area contributed by atoms with Crippen molar-refractivity contribution in [1.29, 1.82) is 0 Å². The molecule has 6 nitrogen and oxygen atoms in total. The van der Waals surface area contributed by atoms with E-state index in [0.29, 0.717) is 12.1 Å². The van der Waals surface area contributed by atoms with Crippen LogP contribution in [-0.2, 0) is 16.6 Å². The van der Waals surface area contributed by atoms with Crippen LogP contribution >= 0.6 is 0 Å². The van der Waals surface area contributed by atoms with Gasteiger partial charge in [-0.05, 0) is 18.6 Å². The Balaban J connectivity index is 2.30. The van der Waals surface area contributed by atoms with Crippen molar-refractivity contribution in [3.05, 3.63) is 24.0 Å². The van der Waals surface area contributed by atoms with Gasteiger partial charge in [0.25, 0.3) is 5.91 Å². The molecular formula is C12H15N3O3. The molecule has 1 aliphatic heterocycles. The molecule has 1 aliphatic rings. The second kappa shape index (κ2) is 4.64. The first-order valence-electron chi connectivity index (χ1n) is 5.80. The van der Waals surface area contributed by atoms with Gasteiger partial charge in [-0.15, -0.1) is 0 Å². The van der Waals surface area contributed by atoms with Crippen LogP contribution in [0.3, 0.4) is 0 Å². The molecule has 3 amide bonds. The van der Waals surface area contributed by atoms with Crippen LogP contribution in [0.5, 0.6) is 0 Å². The molecular weight excluding hydrogens is 234 g/mol. The Morgan fingerprint density at radius 1 is 1.50 bits per heavy atom. The Morgan fingerprint density at radius 2 is 2.22 bits per heavy atom.